The molecule has 0 atom stereocenters. The molecule has 53 valence electrons. The second-order valence-corrected chi connectivity index (χ2v) is 1.51. The Labute approximate surface area is 55.0 Å². The van der Waals surface area contributed by atoms with Gasteiger partial charge < -0.3 is 9.47 Å². The molecular weight excluding hydrogens is 120 g/mol. The minimum Gasteiger partial charge on any atom is -0.464 e. The Morgan fingerprint density at radius 1 is 1.67 bits per heavy atom. The highest BCUT2D eigenvalue weighted by molar-refractivity contribution is 5.70. The minimum atomic E-state index is -0.332. The summed E-state index contributed by atoms with van der Waals surface area (Å²) in [6.07, 6.45) is 0.607. The number of rotatable bonds is 4. The maximum atomic E-state index is 10.4. The molecule has 0 aliphatic rings. The van der Waals surface area contributed by atoms with E-state index in [1.165, 1.54) is 7.11 Å². The number of carbonyl (C=O) groups excluding carboxylic acids is 1. The molecule has 0 fully saturated rings. The second-order valence-electron chi connectivity index (χ2n) is 1.51. The van der Waals surface area contributed by atoms with Crippen LogP contribution < -0.4 is 0 Å². The van der Waals surface area contributed by atoms with Crippen LogP contribution in [0.1, 0.15) is 6.42 Å². The Morgan fingerprint density at radius 3 is 2.78 bits per heavy atom. The van der Waals surface area contributed by atoms with Gasteiger partial charge in [-0.25, -0.2) is 4.79 Å². The predicted octanol–water partition coefficient (Wildman–Crippen LogP) is 0.400. The van der Waals surface area contributed by atoms with Crippen LogP contribution in [0.15, 0.2) is 0 Å². The molecule has 0 saturated heterocycles. The van der Waals surface area contributed by atoms with E-state index in [9.17, 15) is 4.79 Å². The zero-order valence-corrected chi connectivity index (χ0v) is 5.55. The van der Waals surface area contributed by atoms with Gasteiger partial charge in [0.2, 0.25) is 0 Å². The first kappa shape index (κ1) is 8.43. The standard InChI is InChI=1S/C6H11O3/c1-3-4-9-6(7)5-8-2/h1,3-5H2,2H3. The molecule has 9 heavy (non-hydrogen) atoms. The number of ether oxygens (including phenoxy) is 2. The van der Waals surface area contributed by atoms with E-state index in [4.69, 9.17) is 0 Å². The van der Waals surface area contributed by atoms with Gasteiger partial charge >= 0.3 is 5.97 Å². The lowest BCUT2D eigenvalue weighted by atomic mass is 10.5. The van der Waals surface area contributed by atoms with E-state index < -0.39 is 0 Å². The summed E-state index contributed by atoms with van der Waals surface area (Å²) in [6, 6.07) is 0. The summed E-state index contributed by atoms with van der Waals surface area (Å²) in [7, 11) is 1.45. The SMILES string of the molecule is [CH2]CCOC(=O)COC. The van der Waals surface area contributed by atoms with Crippen molar-refractivity contribution in [2.24, 2.45) is 0 Å². The van der Waals surface area contributed by atoms with Crippen LogP contribution in [0.4, 0.5) is 0 Å². The first-order valence-corrected chi connectivity index (χ1v) is 2.75. The highest BCUT2D eigenvalue weighted by Gasteiger charge is 1.97. The quantitative estimate of drug-likeness (QED) is 0.518. The van der Waals surface area contributed by atoms with Gasteiger partial charge in [0.05, 0.1) is 6.61 Å². The van der Waals surface area contributed by atoms with E-state index in [2.05, 4.69) is 16.4 Å². The smallest absolute Gasteiger partial charge is 0.332 e. The van der Waals surface area contributed by atoms with Crippen molar-refractivity contribution in [3.05, 3.63) is 6.92 Å². The maximum Gasteiger partial charge on any atom is 0.332 e. The lowest BCUT2D eigenvalue weighted by Crippen LogP contribution is -2.11. The summed E-state index contributed by atoms with van der Waals surface area (Å²) in [4.78, 5) is 10.4. The lowest BCUT2D eigenvalue weighted by Gasteiger charge is -1.99. The Kier molecular flexibility index (Phi) is 5.21. The molecular formula is C6H11O3. The lowest BCUT2D eigenvalue weighted by molar-refractivity contribution is -0.147. The van der Waals surface area contributed by atoms with Gasteiger partial charge in [-0.2, -0.15) is 0 Å². The van der Waals surface area contributed by atoms with Crippen molar-refractivity contribution in [2.75, 3.05) is 20.3 Å². The Balaban J connectivity index is 3.06. The third kappa shape index (κ3) is 5.30. The summed E-state index contributed by atoms with van der Waals surface area (Å²) < 4.78 is 9.11. The van der Waals surface area contributed by atoms with Crippen LogP contribution >= 0.6 is 0 Å². The molecule has 0 spiro atoms. The van der Waals surface area contributed by atoms with E-state index in [1.807, 2.05) is 0 Å². The molecule has 0 saturated carbocycles. The zero-order valence-electron chi connectivity index (χ0n) is 5.55. The van der Waals surface area contributed by atoms with Crippen molar-refractivity contribution < 1.29 is 14.3 Å². The topological polar surface area (TPSA) is 35.5 Å². The molecule has 0 unspecified atom stereocenters. The van der Waals surface area contributed by atoms with Gasteiger partial charge in [-0.1, -0.05) is 0 Å². The first-order chi connectivity index (χ1) is 4.31. The molecule has 0 aromatic heterocycles. The van der Waals surface area contributed by atoms with Crippen LogP contribution in [0.5, 0.6) is 0 Å². The van der Waals surface area contributed by atoms with Crippen LogP contribution in [-0.2, 0) is 14.3 Å². The van der Waals surface area contributed by atoms with Crippen molar-refractivity contribution in [3.63, 3.8) is 0 Å². The third-order valence-electron chi connectivity index (χ3n) is 0.670. The second kappa shape index (κ2) is 5.56. The largest absolute Gasteiger partial charge is 0.464 e. The van der Waals surface area contributed by atoms with E-state index >= 15 is 0 Å². The average molecular weight is 131 g/mol. The van der Waals surface area contributed by atoms with Crippen molar-refractivity contribution in [1.82, 2.24) is 0 Å². The van der Waals surface area contributed by atoms with Crippen molar-refractivity contribution in [3.8, 4) is 0 Å². The molecule has 0 aromatic rings. The summed E-state index contributed by atoms with van der Waals surface area (Å²) in [5.74, 6) is -0.332. The summed E-state index contributed by atoms with van der Waals surface area (Å²) in [5.41, 5.74) is 0. The summed E-state index contributed by atoms with van der Waals surface area (Å²) in [5, 5.41) is 0. The van der Waals surface area contributed by atoms with Gasteiger partial charge in [-0.15, -0.1) is 0 Å². The molecule has 0 rings (SSSR count). The number of esters is 1. The fourth-order valence-electron chi connectivity index (χ4n) is 0.346. The van der Waals surface area contributed by atoms with Gasteiger partial charge in [0, 0.05) is 7.11 Å². The number of carbonyl (C=O) groups is 1. The maximum absolute atomic E-state index is 10.4. The highest BCUT2D eigenvalue weighted by atomic mass is 16.6. The van der Waals surface area contributed by atoms with Gasteiger partial charge in [-0.05, 0) is 13.3 Å². The molecule has 0 heterocycles. The van der Waals surface area contributed by atoms with Crippen molar-refractivity contribution >= 4 is 5.97 Å². The minimum absolute atomic E-state index is 0.0278. The van der Waals surface area contributed by atoms with Gasteiger partial charge in [0.25, 0.3) is 0 Å². The van der Waals surface area contributed by atoms with Crippen LogP contribution in [-0.4, -0.2) is 26.3 Å². The van der Waals surface area contributed by atoms with Crippen LogP contribution in [0.3, 0.4) is 0 Å². The van der Waals surface area contributed by atoms with Crippen molar-refractivity contribution in [2.45, 2.75) is 6.42 Å². The summed E-state index contributed by atoms with van der Waals surface area (Å²) in [6.45, 7) is 3.90. The molecule has 1 radical (unpaired) electrons. The molecule has 0 bridgehead atoms. The van der Waals surface area contributed by atoms with Crippen LogP contribution in [0.25, 0.3) is 0 Å². The predicted molar refractivity (Wildman–Crippen MR) is 32.8 cm³/mol. The highest BCUT2D eigenvalue weighted by Crippen LogP contribution is 1.81. The number of methoxy groups -OCH3 is 1. The summed E-state index contributed by atoms with van der Waals surface area (Å²) >= 11 is 0. The Hall–Kier alpha value is -0.570. The Morgan fingerprint density at radius 2 is 2.33 bits per heavy atom. The molecule has 0 N–H and O–H groups in total. The molecule has 0 aromatic carbocycles. The average Bonchev–Trinajstić information content (AvgIpc) is 1.85. The number of hydrogen-bond donors (Lipinski definition) is 0. The van der Waals surface area contributed by atoms with Crippen molar-refractivity contribution in [1.29, 1.82) is 0 Å². The normalized spacial score (nSPS) is 9.11. The van der Waals surface area contributed by atoms with Crippen LogP contribution in [0.2, 0.25) is 0 Å². The Bertz CT molecular complexity index is 80.4. The van der Waals surface area contributed by atoms with Gasteiger partial charge in [0.1, 0.15) is 6.61 Å². The van der Waals surface area contributed by atoms with E-state index in [0.29, 0.717) is 13.0 Å². The van der Waals surface area contributed by atoms with E-state index in [-0.39, 0.29) is 12.6 Å². The zero-order chi connectivity index (χ0) is 7.11. The fraction of sp³-hybridized carbons (Fsp3) is 0.667. The van der Waals surface area contributed by atoms with Gasteiger partial charge in [-0.3, -0.25) is 0 Å². The van der Waals surface area contributed by atoms with Crippen LogP contribution in [0, 0.1) is 6.92 Å². The molecule has 3 heteroatoms. The monoisotopic (exact) mass is 131 g/mol. The molecule has 0 amide bonds. The third-order valence-corrected chi connectivity index (χ3v) is 0.670. The van der Waals surface area contributed by atoms with E-state index in [0.717, 1.165) is 0 Å². The fourth-order valence-corrected chi connectivity index (χ4v) is 0.346. The molecule has 0 aliphatic heterocycles. The van der Waals surface area contributed by atoms with Gasteiger partial charge in [0.15, 0.2) is 0 Å². The molecule has 0 aliphatic carbocycles. The number of hydrogen-bond acceptors (Lipinski definition) is 3. The van der Waals surface area contributed by atoms with E-state index in [1.54, 1.807) is 0 Å². The molecule has 3 nitrogen and oxygen atoms in total. The first-order valence-electron chi connectivity index (χ1n) is 2.75.